The van der Waals surface area contributed by atoms with E-state index >= 15 is 0 Å². The number of carbonyl (C=O) groups excluding carboxylic acids is 2. The molecule has 0 aliphatic carbocycles. The van der Waals surface area contributed by atoms with E-state index in [2.05, 4.69) is 21.1 Å². The number of hydrogen-bond donors (Lipinski definition) is 2. The summed E-state index contributed by atoms with van der Waals surface area (Å²) in [6.45, 7) is 7.87. The van der Waals surface area contributed by atoms with Crippen LogP contribution in [0.25, 0.3) is 0 Å². The fourth-order valence-electron chi connectivity index (χ4n) is 2.53. The number of carbonyl (C=O) groups is 2. The number of nitrogens with zero attached hydrogens (tertiary/aromatic N) is 2. The maximum absolute atomic E-state index is 12.0. The van der Waals surface area contributed by atoms with Gasteiger partial charge < -0.3 is 0 Å². The molecule has 2 aromatic rings. The fraction of sp³-hybridized carbons (Fsp3) is 0.273. The Morgan fingerprint density at radius 3 is 1.29 bits per heavy atom. The summed E-state index contributed by atoms with van der Waals surface area (Å²) in [4.78, 5) is 24.1. The Balaban J connectivity index is 2.02. The Bertz CT molecular complexity index is 806. The van der Waals surface area contributed by atoms with Crippen molar-refractivity contribution >= 4 is 23.2 Å². The molecule has 0 fully saturated rings. The third-order valence-corrected chi connectivity index (χ3v) is 4.23. The Morgan fingerprint density at radius 2 is 1.00 bits per heavy atom. The van der Waals surface area contributed by atoms with Crippen LogP contribution in [0.1, 0.15) is 48.9 Å². The number of nitrogens with one attached hydrogen (secondary N) is 2. The average molecular weight is 378 g/mol. The number of benzene rings is 2. The summed E-state index contributed by atoms with van der Waals surface area (Å²) in [6.07, 6.45) is 1.24. The second kappa shape index (κ2) is 10.2. The minimum absolute atomic E-state index is 0.622. The molecule has 0 spiro atoms. The molecule has 0 saturated carbocycles. The molecular weight excluding hydrogens is 352 g/mol. The van der Waals surface area contributed by atoms with Crippen molar-refractivity contribution in [3.63, 3.8) is 0 Å². The topological polar surface area (TPSA) is 82.9 Å². The maximum atomic E-state index is 12.0. The standard InChI is InChI=1S/C22H26N4O2/c1-5-19(17-11-7-15(3)8-12-17)23-25-21(27)22(28)26-24-20(6-2)18-13-9-16(4)10-14-18/h7-14H,5-6H2,1-4H3,(H,25,27)(H,26,28)/b23-19+,24-20+. The molecule has 0 radical (unpaired) electrons. The van der Waals surface area contributed by atoms with Crippen LogP contribution in [0, 0.1) is 13.8 Å². The largest absolute Gasteiger partial charge is 0.331 e. The molecule has 0 unspecified atom stereocenters. The molecule has 0 bridgehead atoms. The Morgan fingerprint density at radius 1 is 0.679 bits per heavy atom. The van der Waals surface area contributed by atoms with Gasteiger partial charge in [-0.1, -0.05) is 73.5 Å². The van der Waals surface area contributed by atoms with Crippen molar-refractivity contribution in [1.82, 2.24) is 10.9 Å². The second-order valence-corrected chi connectivity index (χ2v) is 6.44. The van der Waals surface area contributed by atoms with Gasteiger partial charge >= 0.3 is 11.8 Å². The van der Waals surface area contributed by atoms with Crippen LogP contribution < -0.4 is 10.9 Å². The summed E-state index contributed by atoms with van der Waals surface area (Å²) in [5.74, 6) is -1.72. The first-order chi connectivity index (χ1) is 13.4. The molecule has 2 N–H and O–H groups in total. The van der Waals surface area contributed by atoms with Crippen LogP contribution in [0.3, 0.4) is 0 Å². The van der Waals surface area contributed by atoms with E-state index in [0.717, 1.165) is 22.3 Å². The summed E-state index contributed by atoms with van der Waals surface area (Å²) in [5.41, 5.74) is 10.1. The van der Waals surface area contributed by atoms with Crippen molar-refractivity contribution in [3.8, 4) is 0 Å². The maximum Gasteiger partial charge on any atom is 0.331 e. The SMILES string of the molecule is CC/C(=N\NC(=O)C(=O)N/N=C(\CC)c1ccc(C)cc1)c1ccc(C)cc1. The molecule has 28 heavy (non-hydrogen) atoms. The quantitative estimate of drug-likeness (QED) is 0.458. The van der Waals surface area contributed by atoms with Crippen molar-refractivity contribution < 1.29 is 9.59 Å². The van der Waals surface area contributed by atoms with Crippen molar-refractivity contribution in [3.05, 3.63) is 70.8 Å². The zero-order valence-corrected chi connectivity index (χ0v) is 16.7. The lowest BCUT2D eigenvalue weighted by Crippen LogP contribution is -2.36. The minimum Gasteiger partial charge on any atom is -0.262 e. The second-order valence-electron chi connectivity index (χ2n) is 6.44. The summed E-state index contributed by atoms with van der Waals surface area (Å²) in [7, 11) is 0. The lowest BCUT2D eigenvalue weighted by molar-refractivity contribution is -0.139. The zero-order valence-electron chi connectivity index (χ0n) is 16.7. The van der Waals surface area contributed by atoms with Crippen LogP contribution in [-0.2, 0) is 9.59 Å². The number of hydrazone groups is 2. The molecule has 146 valence electrons. The van der Waals surface area contributed by atoms with Crippen LogP contribution in [0.15, 0.2) is 58.7 Å². The van der Waals surface area contributed by atoms with E-state index in [4.69, 9.17) is 0 Å². The third kappa shape index (κ3) is 5.87. The highest BCUT2D eigenvalue weighted by Crippen LogP contribution is 2.08. The molecule has 2 aromatic carbocycles. The number of aryl methyl sites for hydroxylation is 2. The van der Waals surface area contributed by atoms with Gasteiger partial charge in [-0.3, -0.25) is 9.59 Å². The molecule has 0 atom stereocenters. The number of hydrogen-bond acceptors (Lipinski definition) is 4. The van der Waals surface area contributed by atoms with Crippen LogP contribution in [0.5, 0.6) is 0 Å². The lowest BCUT2D eigenvalue weighted by atomic mass is 10.1. The van der Waals surface area contributed by atoms with Gasteiger partial charge in [0.15, 0.2) is 0 Å². The molecule has 2 rings (SSSR count). The van der Waals surface area contributed by atoms with E-state index in [1.807, 2.05) is 76.2 Å². The van der Waals surface area contributed by atoms with E-state index in [-0.39, 0.29) is 0 Å². The molecule has 0 heterocycles. The predicted molar refractivity (Wildman–Crippen MR) is 112 cm³/mol. The Kier molecular flexibility index (Phi) is 7.63. The van der Waals surface area contributed by atoms with Gasteiger partial charge in [0.2, 0.25) is 0 Å². The van der Waals surface area contributed by atoms with Gasteiger partial charge in [0.05, 0.1) is 11.4 Å². The number of rotatable bonds is 6. The van der Waals surface area contributed by atoms with Crippen LogP contribution >= 0.6 is 0 Å². The van der Waals surface area contributed by atoms with E-state index in [1.54, 1.807) is 0 Å². The highest BCUT2D eigenvalue weighted by atomic mass is 16.2. The van der Waals surface area contributed by atoms with Crippen molar-refractivity contribution in [2.75, 3.05) is 0 Å². The van der Waals surface area contributed by atoms with E-state index < -0.39 is 11.8 Å². The van der Waals surface area contributed by atoms with Crippen molar-refractivity contribution in [2.45, 2.75) is 40.5 Å². The fourth-order valence-corrected chi connectivity index (χ4v) is 2.53. The smallest absolute Gasteiger partial charge is 0.262 e. The summed E-state index contributed by atoms with van der Waals surface area (Å²) >= 11 is 0. The highest BCUT2D eigenvalue weighted by Gasteiger charge is 2.13. The Hall–Kier alpha value is -3.28. The van der Waals surface area contributed by atoms with Gasteiger partial charge in [0.25, 0.3) is 0 Å². The zero-order chi connectivity index (χ0) is 20.5. The molecule has 0 aliphatic rings. The summed E-state index contributed by atoms with van der Waals surface area (Å²) in [6, 6.07) is 15.6. The van der Waals surface area contributed by atoms with Gasteiger partial charge in [0, 0.05) is 0 Å². The molecule has 6 nitrogen and oxygen atoms in total. The van der Waals surface area contributed by atoms with E-state index in [0.29, 0.717) is 24.3 Å². The van der Waals surface area contributed by atoms with Crippen LogP contribution in [0.2, 0.25) is 0 Å². The first-order valence-electron chi connectivity index (χ1n) is 9.32. The normalized spacial score (nSPS) is 11.9. The Labute approximate surface area is 165 Å². The molecule has 6 heteroatoms. The molecule has 0 aromatic heterocycles. The lowest BCUT2D eigenvalue weighted by Gasteiger charge is -2.07. The molecular formula is C22H26N4O2. The van der Waals surface area contributed by atoms with Gasteiger partial charge in [-0.2, -0.15) is 10.2 Å². The first kappa shape index (κ1) is 21.0. The van der Waals surface area contributed by atoms with Crippen molar-refractivity contribution in [2.24, 2.45) is 10.2 Å². The first-order valence-corrected chi connectivity index (χ1v) is 9.32. The predicted octanol–water partition coefficient (Wildman–Crippen LogP) is 3.46. The third-order valence-electron chi connectivity index (χ3n) is 4.23. The minimum atomic E-state index is -0.860. The van der Waals surface area contributed by atoms with E-state index in [1.165, 1.54) is 0 Å². The van der Waals surface area contributed by atoms with Gasteiger partial charge in [-0.25, -0.2) is 10.9 Å². The highest BCUT2D eigenvalue weighted by molar-refractivity contribution is 6.35. The summed E-state index contributed by atoms with van der Waals surface area (Å²) < 4.78 is 0. The van der Waals surface area contributed by atoms with Crippen LogP contribution in [-0.4, -0.2) is 23.2 Å². The molecule has 0 saturated heterocycles. The van der Waals surface area contributed by atoms with Gasteiger partial charge in [0.1, 0.15) is 0 Å². The summed E-state index contributed by atoms with van der Waals surface area (Å²) in [5, 5.41) is 8.17. The molecule has 2 amide bonds. The average Bonchev–Trinajstić information content (AvgIpc) is 2.71. The van der Waals surface area contributed by atoms with Crippen molar-refractivity contribution in [1.29, 1.82) is 0 Å². The number of amides is 2. The molecule has 0 aliphatic heterocycles. The van der Waals surface area contributed by atoms with Crippen LogP contribution in [0.4, 0.5) is 0 Å². The van der Waals surface area contributed by atoms with Gasteiger partial charge in [-0.15, -0.1) is 0 Å². The monoisotopic (exact) mass is 378 g/mol. The van der Waals surface area contributed by atoms with Gasteiger partial charge in [-0.05, 0) is 37.8 Å². The van der Waals surface area contributed by atoms with E-state index in [9.17, 15) is 9.59 Å².